The summed E-state index contributed by atoms with van der Waals surface area (Å²) in [6.45, 7) is 0. The lowest BCUT2D eigenvalue weighted by atomic mass is 10.2. The molecule has 1 rings (SSSR count). The predicted molar refractivity (Wildman–Crippen MR) is 66.2 cm³/mol. The van der Waals surface area contributed by atoms with Crippen LogP contribution in [0, 0.1) is 0 Å². The van der Waals surface area contributed by atoms with E-state index in [1.807, 2.05) is 12.1 Å². The maximum absolute atomic E-state index is 10.4. The molecule has 1 aromatic rings. The zero-order valence-corrected chi connectivity index (χ0v) is 11.6. The fourth-order valence-corrected chi connectivity index (χ4v) is 2.40. The van der Waals surface area contributed by atoms with Crippen molar-refractivity contribution in [2.45, 2.75) is 0 Å². The number of rotatable bonds is 2. The molecule has 5 heteroatoms. The van der Waals surface area contributed by atoms with Crippen molar-refractivity contribution in [3.8, 4) is 0 Å². The van der Waals surface area contributed by atoms with Crippen molar-refractivity contribution in [3.63, 3.8) is 0 Å². The van der Waals surface area contributed by atoms with E-state index >= 15 is 0 Å². The van der Waals surface area contributed by atoms with Crippen LogP contribution in [-0.4, -0.2) is 11.1 Å². The Morgan fingerprint density at radius 1 is 1.21 bits per heavy atom. The molecule has 0 bridgehead atoms. The first-order valence-corrected chi connectivity index (χ1v) is 5.95. The lowest BCUT2D eigenvalue weighted by Gasteiger charge is -2.03. The Labute approximate surface area is 106 Å². The zero-order chi connectivity index (χ0) is 10.7. The normalized spacial score (nSPS) is 10.8. The van der Waals surface area contributed by atoms with Gasteiger partial charge in [-0.15, -0.1) is 0 Å². The average molecular weight is 385 g/mol. The van der Waals surface area contributed by atoms with Crippen molar-refractivity contribution in [1.82, 2.24) is 0 Å². The molecule has 0 heterocycles. The van der Waals surface area contributed by atoms with Crippen molar-refractivity contribution in [2.24, 2.45) is 0 Å². The lowest BCUT2D eigenvalue weighted by Crippen LogP contribution is -1.87. The third-order valence-corrected chi connectivity index (χ3v) is 4.21. The molecule has 14 heavy (non-hydrogen) atoms. The fraction of sp³-hybridized carbons (Fsp3) is 0. The zero-order valence-electron chi connectivity index (χ0n) is 6.80. The first-order valence-electron chi connectivity index (χ1n) is 3.57. The average Bonchev–Trinajstić information content (AvgIpc) is 2.11. The molecule has 2 nitrogen and oxygen atoms in total. The van der Waals surface area contributed by atoms with Gasteiger partial charge in [0.2, 0.25) is 0 Å². The Morgan fingerprint density at radius 2 is 1.79 bits per heavy atom. The molecule has 0 amide bonds. The van der Waals surface area contributed by atoms with Gasteiger partial charge in [0.15, 0.2) is 0 Å². The second-order valence-electron chi connectivity index (χ2n) is 2.43. The van der Waals surface area contributed by atoms with Crippen LogP contribution < -0.4 is 0 Å². The molecule has 0 unspecified atom stereocenters. The van der Waals surface area contributed by atoms with Crippen molar-refractivity contribution >= 4 is 59.8 Å². The van der Waals surface area contributed by atoms with Gasteiger partial charge >= 0.3 is 5.97 Å². The lowest BCUT2D eigenvalue weighted by molar-refractivity contribution is -0.131. The molecule has 0 radical (unpaired) electrons. The summed E-state index contributed by atoms with van der Waals surface area (Å²) in [6.07, 6.45) is 2.62. The third-order valence-electron chi connectivity index (χ3n) is 1.47. The number of hydrogen-bond donors (Lipinski definition) is 1. The molecule has 0 aromatic heterocycles. The van der Waals surface area contributed by atoms with Crippen LogP contribution in [0.5, 0.6) is 0 Å². The number of aliphatic carboxylic acids is 1. The number of halogens is 3. The number of carbonyl (C=O) groups is 1. The van der Waals surface area contributed by atoms with E-state index in [4.69, 9.17) is 5.11 Å². The van der Waals surface area contributed by atoms with Crippen LogP contribution in [0.4, 0.5) is 0 Å². The molecule has 0 aliphatic heterocycles. The van der Waals surface area contributed by atoms with Crippen LogP contribution in [-0.2, 0) is 4.79 Å². The van der Waals surface area contributed by atoms with Crippen LogP contribution in [0.2, 0.25) is 0 Å². The monoisotopic (exact) mass is 382 g/mol. The van der Waals surface area contributed by atoms with Gasteiger partial charge in [-0.1, -0.05) is 15.9 Å². The van der Waals surface area contributed by atoms with Crippen molar-refractivity contribution in [3.05, 3.63) is 37.2 Å². The predicted octanol–water partition coefficient (Wildman–Crippen LogP) is 4.07. The maximum atomic E-state index is 10.4. The van der Waals surface area contributed by atoms with E-state index < -0.39 is 5.97 Å². The van der Waals surface area contributed by atoms with Gasteiger partial charge in [0, 0.05) is 25.1 Å². The maximum Gasteiger partial charge on any atom is 0.328 e. The van der Waals surface area contributed by atoms with Crippen LogP contribution in [0.15, 0.2) is 31.6 Å². The van der Waals surface area contributed by atoms with E-state index in [1.165, 1.54) is 6.08 Å². The van der Waals surface area contributed by atoms with Crippen LogP contribution in [0.1, 0.15) is 5.56 Å². The van der Waals surface area contributed by atoms with Crippen molar-refractivity contribution < 1.29 is 9.90 Å². The standard InChI is InChI=1S/C9H5Br3O2/c10-6-2-3-7(11)9(12)5(6)1-4-8(13)14/h1-4H,(H,13,14)/b4-1+. The van der Waals surface area contributed by atoms with E-state index in [9.17, 15) is 4.79 Å². The Balaban J connectivity index is 3.19. The Bertz CT molecular complexity index is 399. The van der Waals surface area contributed by atoms with Crippen LogP contribution in [0.3, 0.4) is 0 Å². The van der Waals surface area contributed by atoms with E-state index in [-0.39, 0.29) is 0 Å². The molecule has 0 fully saturated rings. The van der Waals surface area contributed by atoms with Gasteiger partial charge in [0.05, 0.1) is 0 Å². The number of hydrogen-bond acceptors (Lipinski definition) is 1. The summed E-state index contributed by atoms with van der Waals surface area (Å²) in [7, 11) is 0. The molecule has 0 spiro atoms. The van der Waals surface area contributed by atoms with Crippen molar-refractivity contribution in [1.29, 1.82) is 0 Å². The van der Waals surface area contributed by atoms with E-state index in [2.05, 4.69) is 47.8 Å². The van der Waals surface area contributed by atoms with Gasteiger partial charge in [-0.05, 0) is 50.1 Å². The van der Waals surface area contributed by atoms with Gasteiger partial charge in [0.1, 0.15) is 0 Å². The van der Waals surface area contributed by atoms with E-state index in [1.54, 1.807) is 0 Å². The van der Waals surface area contributed by atoms with Crippen LogP contribution >= 0.6 is 47.8 Å². The van der Waals surface area contributed by atoms with Gasteiger partial charge in [0.25, 0.3) is 0 Å². The molecule has 1 aromatic carbocycles. The minimum Gasteiger partial charge on any atom is -0.478 e. The molecule has 0 aliphatic rings. The largest absolute Gasteiger partial charge is 0.478 e. The highest BCUT2D eigenvalue weighted by molar-refractivity contribution is 9.13. The molecule has 0 aliphatic carbocycles. The summed E-state index contributed by atoms with van der Waals surface area (Å²) >= 11 is 10.0. The number of carboxylic acids is 1. The first kappa shape index (κ1) is 11.9. The SMILES string of the molecule is O=C(O)/C=C/c1c(Br)ccc(Br)c1Br. The summed E-state index contributed by atoms with van der Waals surface area (Å²) in [5, 5.41) is 8.50. The van der Waals surface area contributed by atoms with Gasteiger partial charge in [-0.3, -0.25) is 0 Å². The second kappa shape index (κ2) is 5.09. The number of carboxylic acid groups (broad SMARTS) is 1. The quantitative estimate of drug-likeness (QED) is 0.616. The topological polar surface area (TPSA) is 37.3 Å². The Hall–Kier alpha value is -0.130. The number of benzene rings is 1. The summed E-state index contributed by atoms with van der Waals surface area (Å²) in [6, 6.07) is 3.71. The Kier molecular flexibility index (Phi) is 4.34. The molecule has 0 atom stereocenters. The third kappa shape index (κ3) is 2.93. The van der Waals surface area contributed by atoms with Gasteiger partial charge < -0.3 is 5.11 Å². The minimum atomic E-state index is -0.969. The molecule has 1 N–H and O–H groups in total. The van der Waals surface area contributed by atoms with E-state index in [0.717, 1.165) is 25.1 Å². The van der Waals surface area contributed by atoms with Gasteiger partial charge in [-0.25, -0.2) is 4.79 Å². The molecule has 74 valence electrons. The summed E-state index contributed by atoms with van der Waals surface area (Å²) in [4.78, 5) is 10.4. The molecule has 0 saturated heterocycles. The summed E-state index contributed by atoms with van der Waals surface area (Å²) in [5.41, 5.74) is 0.793. The molecule has 0 saturated carbocycles. The fourth-order valence-electron chi connectivity index (χ4n) is 0.850. The van der Waals surface area contributed by atoms with Crippen LogP contribution in [0.25, 0.3) is 6.08 Å². The molecular formula is C9H5Br3O2. The summed E-state index contributed by atoms with van der Waals surface area (Å²) in [5.74, 6) is -0.969. The highest BCUT2D eigenvalue weighted by atomic mass is 79.9. The minimum absolute atomic E-state index is 0.793. The molecular weight excluding hydrogens is 380 g/mol. The first-order chi connectivity index (χ1) is 6.52. The van der Waals surface area contributed by atoms with E-state index in [0.29, 0.717) is 0 Å². The highest BCUT2D eigenvalue weighted by Crippen LogP contribution is 2.33. The smallest absolute Gasteiger partial charge is 0.328 e. The second-order valence-corrected chi connectivity index (χ2v) is 4.93. The Morgan fingerprint density at radius 3 is 2.36 bits per heavy atom. The highest BCUT2D eigenvalue weighted by Gasteiger charge is 2.05. The summed E-state index contributed by atoms with van der Waals surface area (Å²) < 4.78 is 2.54. The van der Waals surface area contributed by atoms with Crippen molar-refractivity contribution in [2.75, 3.05) is 0 Å². The van der Waals surface area contributed by atoms with Gasteiger partial charge in [-0.2, -0.15) is 0 Å².